The second-order valence-corrected chi connectivity index (χ2v) is 4.64. The van der Waals surface area contributed by atoms with Crippen molar-refractivity contribution in [2.45, 2.75) is 12.8 Å². The lowest BCUT2D eigenvalue weighted by atomic mass is 10.0. The average Bonchev–Trinajstić information content (AvgIpc) is 2.25. The first-order valence-electron chi connectivity index (χ1n) is 5.19. The quantitative estimate of drug-likeness (QED) is 0.750. The average molecular weight is 227 g/mol. The lowest BCUT2D eigenvalue weighted by Crippen LogP contribution is -2.22. The fourth-order valence-electron chi connectivity index (χ4n) is 1.40. The maximum absolute atomic E-state index is 12.7. The van der Waals surface area contributed by atoms with Crippen LogP contribution in [0.4, 0.5) is 4.39 Å². The summed E-state index contributed by atoms with van der Waals surface area (Å²) in [6.07, 6.45) is 2.10. The molecule has 1 unspecified atom stereocenters. The molecule has 0 spiro atoms. The standard InChI is InChI=1S/C12H18FNS/c1-10(9-14-7-8-15-2)11-3-5-12(13)6-4-11/h3-6,10,14H,7-9H2,1-2H3. The van der Waals surface area contributed by atoms with E-state index in [1.165, 1.54) is 17.7 Å². The number of nitrogens with one attached hydrogen (secondary N) is 1. The van der Waals surface area contributed by atoms with Crippen LogP contribution in [0.5, 0.6) is 0 Å². The number of thioether (sulfide) groups is 1. The minimum absolute atomic E-state index is 0.165. The van der Waals surface area contributed by atoms with Crippen LogP contribution in [0, 0.1) is 5.82 Å². The Bertz CT molecular complexity index is 273. The van der Waals surface area contributed by atoms with E-state index in [4.69, 9.17) is 0 Å². The van der Waals surface area contributed by atoms with E-state index in [9.17, 15) is 4.39 Å². The summed E-state index contributed by atoms with van der Waals surface area (Å²) in [5.74, 6) is 1.41. The zero-order chi connectivity index (χ0) is 11.1. The first-order chi connectivity index (χ1) is 7.24. The van der Waals surface area contributed by atoms with Gasteiger partial charge in [-0.15, -0.1) is 0 Å². The zero-order valence-electron chi connectivity index (χ0n) is 9.29. The minimum Gasteiger partial charge on any atom is -0.315 e. The van der Waals surface area contributed by atoms with Crippen LogP contribution in [-0.2, 0) is 0 Å². The predicted molar refractivity (Wildman–Crippen MR) is 66.1 cm³/mol. The Morgan fingerprint density at radius 3 is 2.60 bits per heavy atom. The summed E-state index contributed by atoms with van der Waals surface area (Å²) < 4.78 is 12.7. The molecule has 3 heteroatoms. The number of benzene rings is 1. The van der Waals surface area contributed by atoms with Crippen LogP contribution in [-0.4, -0.2) is 25.1 Å². The van der Waals surface area contributed by atoms with Crippen LogP contribution in [0.15, 0.2) is 24.3 Å². The Hall–Kier alpha value is -0.540. The molecule has 1 rings (SSSR count). The lowest BCUT2D eigenvalue weighted by molar-refractivity contribution is 0.618. The maximum atomic E-state index is 12.7. The van der Waals surface area contributed by atoms with Gasteiger partial charge < -0.3 is 5.32 Å². The van der Waals surface area contributed by atoms with E-state index in [1.807, 2.05) is 23.9 Å². The van der Waals surface area contributed by atoms with Crippen LogP contribution in [0.25, 0.3) is 0 Å². The molecule has 84 valence electrons. The van der Waals surface area contributed by atoms with Crippen molar-refractivity contribution in [3.8, 4) is 0 Å². The molecule has 0 bridgehead atoms. The van der Waals surface area contributed by atoms with Crippen molar-refractivity contribution in [3.05, 3.63) is 35.6 Å². The fraction of sp³-hybridized carbons (Fsp3) is 0.500. The Balaban J connectivity index is 2.33. The van der Waals surface area contributed by atoms with E-state index >= 15 is 0 Å². The van der Waals surface area contributed by atoms with Gasteiger partial charge in [0, 0.05) is 18.8 Å². The van der Waals surface area contributed by atoms with E-state index in [0.717, 1.165) is 18.8 Å². The van der Waals surface area contributed by atoms with E-state index in [2.05, 4.69) is 18.5 Å². The Kier molecular flexibility index (Phi) is 5.73. The normalized spacial score (nSPS) is 12.7. The lowest BCUT2D eigenvalue weighted by Gasteiger charge is -2.12. The predicted octanol–water partition coefficient (Wildman–Crippen LogP) is 2.88. The number of halogens is 1. The summed E-state index contributed by atoms with van der Waals surface area (Å²) in [5, 5.41) is 3.38. The molecule has 0 aliphatic heterocycles. The molecule has 15 heavy (non-hydrogen) atoms. The molecule has 1 N–H and O–H groups in total. The van der Waals surface area contributed by atoms with E-state index < -0.39 is 0 Å². The van der Waals surface area contributed by atoms with Gasteiger partial charge in [0.2, 0.25) is 0 Å². The molecule has 0 aliphatic rings. The van der Waals surface area contributed by atoms with Crippen LogP contribution in [0.2, 0.25) is 0 Å². The second kappa shape index (κ2) is 6.85. The molecule has 0 aliphatic carbocycles. The first-order valence-corrected chi connectivity index (χ1v) is 6.58. The van der Waals surface area contributed by atoms with Crippen LogP contribution < -0.4 is 5.32 Å². The Morgan fingerprint density at radius 2 is 2.00 bits per heavy atom. The van der Waals surface area contributed by atoms with E-state index in [-0.39, 0.29) is 5.82 Å². The summed E-state index contributed by atoms with van der Waals surface area (Å²) in [4.78, 5) is 0. The smallest absolute Gasteiger partial charge is 0.123 e. The Labute approximate surface area is 95.5 Å². The number of rotatable bonds is 6. The van der Waals surface area contributed by atoms with Gasteiger partial charge in [-0.25, -0.2) is 4.39 Å². The monoisotopic (exact) mass is 227 g/mol. The molecule has 1 atom stereocenters. The molecule has 0 aromatic heterocycles. The molecule has 1 aromatic carbocycles. The highest BCUT2D eigenvalue weighted by molar-refractivity contribution is 7.98. The van der Waals surface area contributed by atoms with Crippen molar-refractivity contribution in [3.63, 3.8) is 0 Å². The van der Waals surface area contributed by atoms with Crippen molar-refractivity contribution in [1.82, 2.24) is 5.32 Å². The highest BCUT2D eigenvalue weighted by Crippen LogP contribution is 2.14. The third-order valence-electron chi connectivity index (χ3n) is 2.37. The fourth-order valence-corrected chi connectivity index (χ4v) is 1.75. The van der Waals surface area contributed by atoms with Gasteiger partial charge in [0.25, 0.3) is 0 Å². The SMILES string of the molecule is CSCCNCC(C)c1ccc(F)cc1. The zero-order valence-corrected chi connectivity index (χ0v) is 10.1. The molecule has 1 aromatic rings. The number of hydrogen-bond acceptors (Lipinski definition) is 2. The summed E-state index contributed by atoms with van der Waals surface area (Å²) >= 11 is 1.84. The second-order valence-electron chi connectivity index (χ2n) is 3.65. The summed E-state index contributed by atoms with van der Waals surface area (Å²) in [6, 6.07) is 6.76. The molecule has 0 heterocycles. The van der Waals surface area contributed by atoms with Crippen molar-refractivity contribution in [2.24, 2.45) is 0 Å². The van der Waals surface area contributed by atoms with Gasteiger partial charge in [-0.05, 0) is 29.9 Å². The van der Waals surface area contributed by atoms with Crippen molar-refractivity contribution in [1.29, 1.82) is 0 Å². The van der Waals surface area contributed by atoms with Gasteiger partial charge in [0.1, 0.15) is 5.82 Å². The molecule has 0 amide bonds. The molecule has 0 fully saturated rings. The summed E-state index contributed by atoms with van der Waals surface area (Å²) in [7, 11) is 0. The molecule has 0 radical (unpaired) electrons. The van der Waals surface area contributed by atoms with Crippen LogP contribution in [0.3, 0.4) is 0 Å². The van der Waals surface area contributed by atoms with Crippen LogP contribution in [0.1, 0.15) is 18.4 Å². The summed E-state index contributed by atoms with van der Waals surface area (Å²) in [6.45, 7) is 4.14. The molecule has 1 nitrogen and oxygen atoms in total. The molecule has 0 saturated carbocycles. The summed E-state index contributed by atoms with van der Waals surface area (Å²) in [5.41, 5.74) is 1.19. The van der Waals surface area contributed by atoms with Gasteiger partial charge in [-0.2, -0.15) is 11.8 Å². The topological polar surface area (TPSA) is 12.0 Å². The van der Waals surface area contributed by atoms with Crippen molar-refractivity contribution in [2.75, 3.05) is 25.1 Å². The highest BCUT2D eigenvalue weighted by atomic mass is 32.2. The maximum Gasteiger partial charge on any atom is 0.123 e. The van der Waals surface area contributed by atoms with Crippen LogP contribution >= 0.6 is 11.8 Å². The van der Waals surface area contributed by atoms with Gasteiger partial charge >= 0.3 is 0 Å². The molecular formula is C12H18FNS. The largest absolute Gasteiger partial charge is 0.315 e. The van der Waals surface area contributed by atoms with Gasteiger partial charge in [0.05, 0.1) is 0 Å². The minimum atomic E-state index is -0.165. The Morgan fingerprint density at radius 1 is 1.33 bits per heavy atom. The van der Waals surface area contributed by atoms with Crippen molar-refractivity contribution >= 4 is 11.8 Å². The van der Waals surface area contributed by atoms with Crippen molar-refractivity contribution < 1.29 is 4.39 Å². The molecule has 0 saturated heterocycles. The highest BCUT2D eigenvalue weighted by Gasteiger charge is 2.04. The third kappa shape index (κ3) is 4.67. The number of hydrogen-bond donors (Lipinski definition) is 1. The van der Waals surface area contributed by atoms with Gasteiger partial charge in [-0.3, -0.25) is 0 Å². The van der Waals surface area contributed by atoms with E-state index in [0.29, 0.717) is 5.92 Å². The van der Waals surface area contributed by atoms with Gasteiger partial charge in [-0.1, -0.05) is 19.1 Å². The van der Waals surface area contributed by atoms with E-state index in [1.54, 1.807) is 0 Å². The first kappa shape index (κ1) is 12.5. The third-order valence-corrected chi connectivity index (χ3v) is 2.98. The van der Waals surface area contributed by atoms with Gasteiger partial charge in [0.15, 0.2) is 0 Å². The molecular weight excluding hydrogens is 209 g/mol.